The van der Waals surface area contributed by atoms with Gasteiger partial charge in [-0.05, 0) is 31.2 Å². The highest BCUT2D eigenvalue weighted by molar-refractivity contribution is 7.91. The summed E-state index contributed by atoms with van der Waals surface area (Å²) in [6, 6.07) is 10.3. The van der Waals surface area contributed by atoms with Gasteiger partial charge in [0.25, 0.3) is 5.91 Å². The molecule has 0 saturated heterocycles. The van der Waals surface area contributed by atoms with E-state index >= 15 is 0 Å². The van der Waals surface area contributed by atoms with Gasteiger partial charge in [0.1, 0.15) is 9.96 Å². The van der Waals surface area contributed by atoms with Crippen LogP contribution in [-0.4, -0.2) is 27.0 Å². The highest BCUT2D eigenvalue weighted by Gasteiger charge is 2.29. The maximum Gasteiger partial charge on any atom is 0.266 e. The molecule has 2 aromatic rings. The molecule has 1 aliphatic heterocycles. The van der Waals surface area contributed by atoms with Crippen LogP contribution in [0.15, 0.2) is 40.6 Å². The number of thiophene rings is 1. The van der Waals surface area contributed by atoms with Crippen LogP contribution in [0.25, 0.3) is 0 Å². The Balaban J connectivity index is 1.71. The second-order valence-electron chi connectivity index (χ2n) is 4.81. The molecule has 2 N–H and O–H groups in total. The third kappa shape index (κ3) is 2.99. The zero-order valence-corrected chi connectivity index (χ0v) is 13.3. The molecule has 116 valence electrons. The lowest BCUT2D eigenvalue weighted by Gasteiger charge is -2.25. The smallest absolute Gasteiger partial charge is 0.266 e. The summed E-state index contributed by atoms with van der Waals surface area (Å²) < 4.78 is 32.5. The van der Waals surface area contributed by atoms with Crippen LogP contribution in [0.5, 0.6) is 5.75 Å². The number of sulfonamides is 1. The largest absolute Gasteiger partial charge is 0.477 e. The first-order chi connectivity index (χ1) is 10.5. The maximum atomic E-state index is 12.2. The summed E-state index contributed by atoms with van der Waals surface area (Å²) in [5.41, 5.74) is 0.584. The highest BCUT2D eigenvalue weighted by Crippen LogP contribution is 2.28. The number of carbonyl (C=O) groups is 1. The van der Waals surface area contributed by atoms with E-state index < -0.39 is 16.1 Å². The number of aryl methyl sites for hydroxylation is 1. The number of hydrogen-bond donors (Lipinski definition) is 2. The van der Waals surface area contributed by atoms with Crippen molar-refractivity contribution in [2.24, 2.45) is 0 Å². The number of ether oxygens (including phenoxy) is 1. The number of benzene rings is 1. The molecule has 0 saturated carbocycles. The maximum absolute atomic E-state index is 12.2. The van der Waals surface area contributed by atoms with Crippen molar-refractivity contribution in [2.75, 3.05) is 11.9 Å². The number of fused-ring (bicyclic) bond motifs is 1. The van der Waals surface area contributed by atoms with Crippen LogP contribution in [-0.2, 0) is 14.8 Å². The van der Waals surface area contributed by atoms with Crippen molar-refractivity contribution in [3.63, 3.8) is 0 Å². The molecule has 1 aliphatic rings. The molecule has 0 fully saturated rings. The van der Waals surface area contributed by atoms with Crippen LogP contribution in [0.2, 0.25) is 0 Å². The molecule has 6 nitrogen and oxygen atoms in total. The lowest BCUT2D eigenvalue weighted by molar-refractivity contribution is -0.123. The van der Waals surface area contributed by atoms with E-state index in [4.69, 9.17) is 4.74 Å². The first-order valence-electron chi connectivity index (χ1n) is 6.58. The number of amides is 1. The Morgan fingerprint density at radius 1 is 1.27 bits per heavy atom. The summed E-state index contributed by atoms with van der Waals surface area (Å²) in [6.07, 6.45) is -0.897. The summed E-state index contributed by atoms with van der Waals surface area (Å²) in [4.78, 5) is 12.8. The van der Waals surface area contributed by atoms with Crippen LogP contribution in [0.3, 0.4) is 0 Å². The van der Waals surface area contributed by atoms with E-state index in [1.165, 1.54) is 11.3 Å². The molecule has 22 heavy (non-hydrogen) atoms. The van der Waals surface area contributed by atoms with E-state index in [9.17, 15) is 13.2 Å². The highest BCUT2D eigenvalue weighted by atomic mass is 32.2. The number of para-hydroxylation sites is 2. The van der Waals surface area contributed by atoms with E-state index in [1.54, 1.807) is 36.4 Å². The van der Waals surface area contributed by atoms with Gasteiger partial charge < -0.3 is 10.1 Å². The third-order valence-electron chi connectivity index (χ3n) is 3.15. The van der Waals surface area contributed by atoms with Crippen molar-refractivity contribution >= 4 is 33.0 Å². The number of carbonyl (C=O) groups excluding carboxylic acids is 1. The van der Waals surface area contributed by atoms with Crippen molar-refractivity contribution in [3.05, 3.63) is 41.3 Å². The molecule has 0 spiro atoms. The fourth-order valence-electron chi connectivity index (χ4n) is 2.04. The molecule has 1 amide bonds. The molecule has 0 bridgehead atoms. The van der Waals surface area contributed by atoms with Crippen molar-refractivity contribution in [3.8, 4) is 5.75 Å². The van der Waals surface area contributed by atoms with Gasteiger partial charge in [-0.1, -0.05) is 12.1 Å². The summed E-state index contributed by atoms with van der Waals surface area (Å²) in [5.74, 6) is 0.155. The molecular formula is C14H14N2O4S2. The third-order valence-corrected chi connectivity index (χ3v) is 6.06. The second-order valence-corrected chi connectivity index (χ2v) is 8.09. The Kier molecular flexibility index (Phi) is 3.90. The summed E-state index contributed by atoms with van der Waals surface area (Å²) >= 11 is 1.18. The predicted molar refractivity (Wildman–Crippen MR) is 83.7 cm³/mol. The zero-order chi connectivity index (χ0) is 15.7. The Hall–Kier alpha value is -1.90. The Labute approximate surface area is 132 Å². The van der Waals surface area contributed by atoms with Gasteiger partial charge in [-0.3, -0.25) is 4.79 Å². The number of anilines is 1. The normalized spacial score (nSPS) is 17.5. The van der Waals surface area contributed by atoms with E-state index in [0.717, 1.165) is 4.88 Å². The molecule has 1 aromatic carbocycles. The van der Waals surface area contributed by atoms with Crippen molar-refractivity contribution in [1.82, 2.24) is 4.72 Å². The monoisotopic (exact) mass is 338 g/mol. The molecule has 0 radical (unpaired) electrons. The van der Waals surface area contributed by atoms with Crippen molar-refractivity contribution in [1.29, 1.82) is 0 Å². The number of hydrogen-bond acceptors (Lipinski definition) is 5. The van der Waals surface area contributed by atoms with Crippen LogP contribution in [0.1, 0.15) is 4.88 Å². The minimum absolute atomic E-state index is 0.126. The van der Waals surface area contributed by atoms with E-state index in [0.29, 0.717) is 11.4 Å². The van der Waals surface area contributed by atoms with Gasteiger partial charge in [0.05, 0.1) is 12.2 Å². The first-order valence-corrected chi connectivity index (χ1v) is 8.88. The average Bonchev–Trinajstić information content (AvgIpc) is 2.92. The number of nitrogens with one attached hydrogen (secondary N) is 2. The predicted octanol–water partition coefficient (Wildman–Crippen LogP) is 1.73. The topological polar surface area (TPSA) is 84.5 Å². The van der Waals surface area contributed by atoms with Crippen LogP contribution >= 0.6 is 11.3 Å². The van der Waals surface area contributed by atoms with Crippen LogP contribution < -0.4 is 14.8 Å². The molecule has 0 aliphatic carbocycles. The molecular weight excluding hydrogens is 324 g/mol. The SMILES string of the molecule is Cc1ccc(S(=O)(=O)NCC2Oc3ccccc3NC2=O)s1. The van der Waals surface area contributed by atoms with Gasteiger partial charge >= 0.3 is 0 Å². The summed E-state index contributed by atoms with van der Waals surface area (Å²) in [6.45, 7) is 1.71. The van der Waals surface area contributed by atoms with Gasteiger partial charge in [-0.25, -0.2) is 13.1 Å². The Bertz CT molecular complexity index is 814. The fourth-order valence-corrected chi connectivity index (χ4v) is 4.40. The van der Waals surface area contributed by atoms with E-state index in [1.807, 2.05) is 6.92 Å². The second kappa shape index (κ2) is 5.71. The summed E-state index contributed by atoms with van der Waals surface area (Å²) in [5, 5.41) is 2.69. The van der Waals surface area contributed by atoms with Gasteiger partial charge in [0.15, 0.2) is 6.10 Å². The van der Waals surface area contributed by atoms with E-state index in [-0.39, 0.29) is 16.7 Å². The van der Waals surface area contributed by atoms with Crippen LogP contribution in [0, 0.1) is 6.92 Å². The average molecular weight is 338 g/mol. The zero-order valence-electron chi connectivity index (χ0n) is 11.7. The fraction of sp³-hybridized carbons (Fsp3) is 0.214. The Morgan fingerprint density at radius 3 is 2.77 bits per heavy atom. The molecule has 3 rings (SSSR count). The first kappa shape index (κ1) is 15.0. The van der Waals surface area contributed by atoms with Crippen molar-refractivity contribution in [2.45, 2.75) is 17.2 Å². The van der Waals surface area contributed by atoms with Crippen LogP contribution in [0.4, 0.5) is 5.69 Å². The lowest BCUT2D eigenvalue weighted by atomic mass is 10.2. The van der Waals surface area contributed by atoms with Gasteiger partial charge in [0, 0.05) is 4.88 Å². The van der Waals surface area contributed by atoms with Gasteiger partial charge in [0.2, 0.25) is 10.0 Å². The quantitative estimate of drug-likeness (QED) is 0.889. The standard InChI is InChI=1S/C14H14N2O4S2/c1-9-6-7-13(21-9)22(18,19)15-8-12-14(17)16-10-4-2-3-5-11(10)20-12/h2-7,12,15H,8H2,1H3,(H,16,17). The minimum Gasteiger partial charge on any atom is -0.477 e. The molecule has 1 aromatic heterocycles. The van der Waals surface area contributed by atoms with E-state index in [2.05, 4.69) is 10.0 Å². The molecule has 2 heterocycles. The van der Waals surface area contributed by atoms with Gasteiger partial charge in [-0.15, -0.1) is 11.3 Å². The summed E-state index contributed by atoms with van der Waals surface area (Å²) in [7, 11) is -3.63. The molecule has 8 heteroatoms. The molecule has 1 unspecified atom stereocenters. The molecule has 1 atom stereocenters. The van der Waals surface area contributed by atoms with Crippen molar-refractivity contribution < 1.29 is 17.9 Å². The lowest BCUT2D eigenvalue weighted by Crippen LogP contribution is -2.45. The Morgan fingerprint density at radius 2 is 2.05 bits per heavy atom. The number of rotatable bonds is 4. The van der Waals surface area contributed by atoms with Gasteiger partial charge in [-0.2, -0.15) is 0 Å². The minimum atomic E-state index is -3.63.